The van der Waals surface area contributed by atoms with Crippen LogP contribution in [0.3, 0.4) is 0 Å². The van der Waals surface area contributed by atoms with Crippen molar-refractivity contribution in [1.82, 2.24) is 0 Å². The summed E-state index contributed by atoms with van der Waals surface area (Å²) in [6.07, 6.45) is -4.43. The zero-order valence-corrected chi connectivity index (χ0v) is 10.9. The van der Waals surface area contributed by atoms with Gasteiger partial charge in [0.1, 0.15) is 0 Å². The molecule has 1 heterocycles. The van der Waals surface area contributed by atoms with Crippen molar-refractivity contribution in [3.8, 4) is 0 Å². The Labute approximate surface area is 120 Å². The largest absolute Gasteiger partial charge is 0.472 e. The first-order valence-electron chi connectivity index (χ1n) is 5.56. The SMILES string of the molecule is OC(c1ccc(Cl)cc1)(c1ccoc1)C(F)(F)C(F)(F)F. The Morgan fingerprint density at radius 3 is 1.90 bits per heavy atom. The van der Waals surface area contributed by atoms with E-state index in [4.69, 9.17) is 11.6 Å². The fourth-order valence-corrected chi connectivity index (χ4v) is 2.02. The molecule has 0 saturated carbocycles. The van der Waals surface area contributed by atoms with E-state index >= 15 is 0 Å². The van der Waals surface area contributed by atoms with Gasteiger partial charge in [-0.3, -0.25) is 0 Å². The molecule has 0 radical (unpaired) electrons. The molecule has 114 valence electrons. The Balaban J connectivity index is 2.69. The van der Waals surface area contributed by atoms with Crippen molar-refractivity contribution in [2.24, 2.45) is 0 Å². The summed E-state index contributed by atoms with van der Waals surface area (Å²) in [6, 6.07) is 4.85. The molecular formula is C13H8ClF5O2. The molecular weight excluding hydrogens is 319 g/mol. The summed E-state index contributed by atoms with van der Waals surface area (Å²) < 4.78 is 70.4. The number of halogens is 6. The number of hydrogen-bond acceptors (Lipinski definition) is 2. The molecule has 0 bridgehead atoms. The van der Waals surface area contributed by atoms with Gasteiger partial charge in [-0.1, -0.05) is 23.7 Å². The maximum atomic E-state index is 13.9. The van der Waals surface area contributed by atoms with Crippen molar-refractivity contribution in [2.75, 3.05) is 0 Å². The summed E-state index contributed by atoms with van der Waals surface area (Å²) >= 11 is 5.58. The second kappa shape index (κ2) is 4.99. The molecule has 2 rings (SSSR count). The van der Waals surface area contributed by atoms with Crippen LogP contribution in [0.5, 0.6) is 0 Å². The van der Waals surface area contributed by atoms with Gasteiger partial charge in [-0.25, -0.2) is 0 Å². The highest BCUT2D eigenvalue weighted by atomic mass is 35.5. The van der Waals surface area contributed by atoms with Gasteiger partial charge in [0.2, 0.25) is 0 Å². The van der Waals surface area contributed by atoms with Gasteiger partial charge in [0.15, 0.2) is 5.60 Å². The first-order valence-corrected chi connectivity index (χ1v) is 5.94. The van der Waals surface area contributed by atoms with Crippen LogP contribution in [-0.2, 0) is 5.60 Å². The summed E-state index contributed by atoms with van der Waals surface area (Å²) in [5.41, 5.74) is -4.99. The molecule has 21 heavy (non-hydrogen) atoms. The molecule has 1 aromatic heterocycles. The highest BCUT2D eigenvalue weighted by molar-refractivity contribution is 6.30. The predicted molar refractivity (Wildman–Crippen MR) is 64.2 cm³/mol. The molecule has 1 N–H and O–H groups in total. The zero-order chi connectivity index (χ0) is 15.9. The van der Waals surface area contributed by atoms with Gasteiger partial charge in [-0.2, -0.15) is 22.0 Å². The predicted octanol–water partition coefficient (Wildman–Crippen LogP) is 4.37. The van der Waals surface area contributed by atoms with Crippen LogP contribution in [-0.4, -0.2) is 17.2 Å². The van der Waals surface area contributed by atoms with Crippen LogP contribution in [0.4, 0.5) is 22.0 Å². The van der Waals surface area contributed by atoms with Crippen molar-refractivity contribution < 1.29 is 31.5 Å². The van der Waals surface area contributed by atoms with Crippen LogP contribution in [0.25, 0.3) is 0 Å². The van der Waals surface area contributed by atoms with Gasteiger partial charge in [-0.15, -0.1) is 0 Å². The van der Waals surface area contributed by atoms with Crippen molar-refractivity contribution >= 4 is 11.6 Å². The molecule has 2 aromatic rings. The Kier molecular flexibility index (Phi) is 3.75. The highest BCUT2D eigenvalue weighted by Crippen LogP contribution is 2.51. The number of hydrogen-bond donors (Lipinski definition) is 1. The smallest absolute Gasteiger partial charge is 0.457 e. The molecule has 8 heteroatoms. The summed E-state index contributed by atoms with van der Waals surface area (Å²) in [5, 5.41) is 10.4. The quantitative estimate of drug-likeness (QED) is 0.850. The minimum Gasteiger partial charge on any atom is -0.472 e. The third-order valence-electron chi connectivity index (χ3n) is 3.01. The van der Waals surface area contributed by atoms with E-state index in [9.17, 15) is 27.1 Å². The minimum absolute atomic E-state index is 0.128. The minimum atomic E-state index is -5.96. The maximum Gasteiger partial charge on any atom is 0.457 e. The first kappa shape index (κ1) is 15.8. The lowest BCUT2D eigenvalue weighted by Crippen LogP contribution is -2.55. The van der Waals surface area contributed by atoms with Gasteiger partial charge in [0, 0.05) is 10.6 Å². The number of aliphatic hydroxyl groups is 1. The topological polar surface area (TPSA) is 33.4 Å². The Morgan fingerprint density at radius 1 is 0.905 bits per heavy atom. The summed E-state index contributed by atoms with van der Waals surface area (Å²) in [4.78, 5) is 0. The van der Waals surface area contributed by atoms with E-state index in [1.54, 1.807) is 0 Å². The lowest BCUT2D eigenvalue weighted by molar-refractivity contribution is -0.336. The van der Waals surface area contributed by atoms with E-state index in [0.717, 1.165) is 36.6 Å². The molecule has 2 nitrogen and oxygen atoms in total. The zero-order valence-electron chi connectivity index (χ0n) is 10.2. The normalized spacial score (nSPS) is 15.8. The molecule has 1 aromatic carbocycles. The lowest BCUT2D eigenvalue weighted by Gasteiger charge is -2.36. The molecule has 0 amide bonds. The Morgan fingerprint density at radius 2 is 1.48 bits per heavy atom. The molecule has 0 aliphatic carbocycles. The van der Waals surface area contributed by atoms with Crippen molar-refractivity contribution in [1.29, 1.82) is 0 Å². The second-order valence-corrected chi connectivity index (χ2v) is 4.74. The summed E-state index contributed by atoms with van der Waals surface area (Å²) in [7, 11) is 0. The van der Waals surface area contributed by atoms with E-state index in [1.165, 1.54) is 0 Å². The molecule has 0 aliphatic heterocycles. The van der Waals surface area contributed by atoms with Crippen LogP contribution in [0, 0.1) is 0 Å². The van der Waals surface area contributed by atoms with Crippen LogP contribution >= 0.6 is 11.6 Å². The lowest BCUT2D eigenvalue weighted by atomic mass is 9.82. The van der Waals surface area contributed by atoms with Crippen LogP contribution in [0.15, 0.2) is 47.3 Å². The van der Waals surface area contributed by atoms with Gasteiger partial charge < -0.3 is 9.52 Å². The molecule has 1 unspecified atom stereocenters. The Bertz CT molecular complexity index is 606. The van der Waals surface area contributed by atoms with Gasteiger partial charge >= 0.3 is 12.1 Å². The monoisotopic (exact) mass is 326 g/mol. The van der Waals surface area contributed by atoms with Gasteiger partial charge in [-0.05, 0) is 23.8 Å². The number of furan rings is 1. The summed E-state index contributed by atoms with van der Waals surface area (Å²) in [5.74, 6) is -5.43. The van der Waals surface area contributed by atoms with Crippen LogP contribution in [0.1, 0.15) is 11.1 Å². The Hall–Kier alpha value is -1.60. The average molecular weight is 327 g/mol. The van der Waals surface area contributed by atoms with Gasteiger partial charge in [0.05, 0.1) is 12.5 Å². The average Bonchev–Trinajstić information content (AvgIpc) is 2.91. The van der Waals surface area contributed by atoms with E-state index in [1.807, 2.05) is 0 Å². The number of rotatable bonds is 3. The molecule has 0 saturated heterocycles. The second-order valence-electron chi connectivity index (χ2n) is 4.30. The van der Waals surface area contributed by atoms with E-state index < -0.39 is 28.8 Å². The molecule has 0 spiro atoms. The first-order chi connectivity index (χ1) is 9.60. The van der Waals surface area contributed by atoms with E-state index in [0.29, 0.717) is 6.26 Å². The van der Waals surface area contributed by atoms with Crippen molar-refractivity contribution in [2.45, 2.75) is 17.7 Å². The third kappa shape index (κ3) is 2.40. The van der Waals surface area contributed by atoms with Crippen molar-refractivity contribution in [3.63, 3.8) is 0 Å². The van der Waals surface area contributed by atoms with Crippen molar-refractivity contribution in [3.05, 3.63) is 59.0 Å². The molecule has 0 aliphatic rings. The van der Waals surface area contributed by atoms with Crippen LogP contribution in [0.2, 0.25) is 5.02 Å². The highest BCUT2D eigenvalue weighted by Gasteiger charge is 2.71. The number of benzene rings is 1. The molecule has 0 fully saturated rings. The fraction of sp³-hybridized carbons (Fsp3) is 0.231. The molecule has 1 atom stereocenters. The standard InChI is InChI=1S/C13H8ClF5O2/c14-10-3-1-8(2-4-10)11(20,9-5-6-21-7-9)12(15,16)13(17,18)19/h1-7,20H. The maximum absolute atomic E-state index is 13.9. The van der Waals surface area contributed by atoms with Crippen LogP contribution < -0.4 is 0 Å². The van der Waals surface area contributed by atoms with Gasteiger partial charge in [0.25, 0.3) is 0 Å². The van der Waals surface area contributed by atoms with E-state index in [-0.39, 0.29) is 5.02 Å². The fourth-order valence-electron chi connectivity index (χ4n) is 1.90. The third-order valence-corrected chi connectivity index (χ3v) is 3.26. The summed E-state index contributed by atoms with van der Waals surface area (Å²) in [6.45, 7) is 0. The number of alkyl halides is 5. The van der Waals surface area contributed by atoms with E-state index in [2.05, 4.69) is 4.42 Å².